The molecule has 0 bridgehead atoms. The van der Waals surface area contributed by atoms with Crippen LogP contribution in [0.15, 0.2) is 42.5 Å². The lowest BCUT2D eigenvalue weighted by Crippen LogP contribution is -2.44. The van der Waals surface area contributed by atoms with E-state index < -0.39 is 5.97 Å². The molecule has 0 unspecified atom stereocenters. The third kappa shape index (κ3) is 3.42. The second kappa shape index (κ2) is 6.84. The summed E-state index contributed by atoms with van der Waals surface area (Å²) in [4.78, 5) is 26.4. The van der Waals surface area contributed by atoms with E-state index in [4.69, 9.17) is 9.47 Å². The first-order valence-electron chi connectivity index (χ1n) is 8.02. The van der Waals surface area contributed by atoms with Crippen molar-refractivity contribution in [1.29, 1.82) is 0 Å². The Labute approximate surface area is 146 Å². The van der Waals surface area contributed by atoms with Gasteiger partial charge in [0.15, 0.2) is 0 Å². The molecule has 2 amide bonds. The Hall–Kier alpha value is -3.02. The predicted molar refractivity (Wildman–Crippen MR) is 95.4 cm³/mol. The number of esters is 1. The number of carbonyl (C=O) groups is 2. The molecule has 0 fully saturated rings. The topological polar surface area (TPSA) is 67.9 Å². The molecule has 1 aliphatic rings. The van der Waals surface area contributed by atoms with Gasteiger partial charge in [-0.3, -0.25) is 4.90 Å². The smallest absolute Gasteiger partial charge is 0.339 e. The maximum absolute atomic E-state index is 12.9. The molecule has 0 saturated carbocycles. The number of amides is 2. The van der Waals surface area contributed by atoms with E-state index in [-0.39, 0.29) is 12.1 Å². The lowest BCUT2D eigenvalue weighted by Gasteiger charge is -2.33. The molecule has 6 heteroatoms. The van der Waals surface area contributed by atoms with Crippen LogP contribution in [0.1, 0.15) is 22.8 Å². The van der Waals surface area contributed by atoms with E-state index in [1.54, 1.807) is 29.2 Å². The van der Waals surface area contributed by atoms with Crippen LogP contribution >= 0.6 is 0 Å². The predicted octanol–water partition coefficient (Wildman–Crippen LogP) is 3.60. The van der Waals surface area contributed by atoms with E-state index in [0.29, 0.717) is 29.2 Å². The van der Waals surface area contributed by atoms with Crippen LogP contribution in [0.2, 0.25) is 0 Å². The molecule has 0 aliphatic carbocycles. The molecule has 3 rings (SSSR count). The lowest BCUT2D eigenvalue weighted by atomic mass is 10.1. The number of hydrogen-bond donors (Lipinski definition) is 1. The van der Waals surface area contributed by atoms with Gasteiger partial charge >= 0.3 is 12.0 Å². The van der Waals surface area contributed by atoms with Crippen LogP contribution in [0.4, 0.5) is 16.2 Å². The third-order valence-electron chi connectivity index (χ3n) is 3.99. The highest BCUT2D eigenvalue weighted by Gasteiger charge is 2.28. The monoisotopic (exact) mass is 340 g/mol. The third-order valence-corrected chi connectivity index (χ3v) is 3.99. The summed E-state index contributed by atoms with van der Waals surface area (Å²) in [6.07, 6.45) is -0.128. The van der Waals surface area contributed by atoms with Crippen molar-refractivity contribution in [2.24, 2.45) is 0 Å². The summed E-state index contributed by atoms with van der Waals surface area (Å²) < 4.78 is 10.6. The summed E-state index contributed by atoms with van der Waals surface area (Å²) in [5, 5.41) is 2.81. The number of para-hydroxylation sites is 1. The maximum atomic E-state index is 12.9. The van der Waals surface area contributed by atoms with Gasteiger partial charge in [0.1, 0.15) is 11.9 Å². The zero-order chi connectivity index (χ0) is 18.0. The Balaban J connectivity index is 1.90. The number of carbonyl (C=O) groups excluding carboxylic acids is 2. The Morgan fingerprint density at radius 1 is 1.24 bits per heavy atom. The molecule has 0 spiro atoms. The number of ether oxygens (including phenoxy) is 2. The minimum absolute atomic E-state index is 0.128. The van der Waals surface area contributed by atoms with E-state index in [0.717, 1.165) is 5.56 Å². The average Bonchev–Trinajstić information content (AvgIpc) is 2.61. The quantitative estimate of drug-likeness (QED) is 0.848. The van der Waals surface area contributed by atoms with Gasteiger partial charge in [0, 0.05) is 0 Å². The number of benzene rings is 2. The molecule has 1 N–H and O–H groups in total. The Kier molecular flexibility index (Phi) is 4.61. The fraction of sp³-hybridized carbons (Fsp3) is 0.263. The highest BCUT2D eigenvalue weighted by molar-refractivity contribution is 6.07. The highest BCUT2D eigenvalue weighted by Crippen LogP contribution is 2.34. The number of hydrogen-bond acceptors (Lipinski definition) is 4. The first-order valence-corrected chi connectivity index (χ1v) is 8.02. The van der Waals surface area contributed by atoms with Crippen molar-refractivity contribution in [3.05, 3.63) is 53.6 Å². The number of urea groups is 1. The van der Waals surface area contributed by atoms with Crippen molar-refractivity contribution in [3.8, 4) is 5.75 Å². The van der Waals surface area contributed by atoms with E-state index >= 15 is 0 Å². The number of fused-ring (bicyclic) bond motifs is 1. The first-order chi connectivity index (χ1) is 12.0. The number of nitrogens with one attached hydrogen (secondary N) is 1. The van der Waals surface area contributed by atoms with Crippen LogP contribution < -0.4 is 15.0 Å². The van der Waals surface area contributed by atoms with Crippen molar-refractivity contribution < 1.29 is 19.1 Å². The van der Waals surface area contributed by atoms with Crippen LogP contribution in [-0.2, 0) is 4.74 Å². The minimum atomic E-state index is -0.498. The van der Waals surface area contributed by atoms with E-state index in [2.05, 4.69) is 5.32 Å². The first kappa shape index (κ1) is 16.8. The van der Waals surface area contributed by atoms with Gasteiger partial charge in [-0.15, -0.1) is 0 Å². The Morgan fingerprint density at radius 2 is 2.00 bits per heavy atom. The fourth-order valence-corrected chi connectivity index (χ4v) is 2.80. The average molecular weight is 340 g/mol. The molecule has 1 heterocycles. The van der Waals surface area contributed by atoms with Gasteiger partial charge < -0.3 is 14.8 Å². The van der Waals surface area contributed by atoms with E-state index in [1.807, 2.05) is 32.0 Å². The maximum Gasteiger partial charge on any atom is 0.339 e. The van der Waals surface area contributed by atoms with Crippen LogP contribution in [0.25, 0.3) is 0 Å². The number of nitrogens with zero attached hydrogens (tertiary/aromatic N) is 1. The summed E-state index contributed by atoms with van der Waals surface area (Å²) >= 11 is 0. The molecular formula is C19H20N2O4. The van der Waals surface area contributed by atoms with Gasteiger partial charge in [0.25, 0.3) is 0 Å². The molecule has 1 atom stereocenters. The Bertz CT molecular complexity index is 819. The van der Waals surface area contributed by atoms with Crippen molar-refractivity contribution in [2.75, 3.05) is 23.9 Å². The second-order valence-corrected chi connectivity index (χ2v) is 5.98. The van der Waals surface area contributed by atoms with Gasteiger partial charge in [-0.2, -0.15) is 0 Å². The molecule has 6 nitrogen and oxygen atoms in total. The Morgan fingerprint density at radius 3 is 2.76 bits per heavy atom. The lowest BCUT2D eigenvalue weighted by molar-refractivity contribution is 0.0602. The van der Waals surface area contributed by atoms with Gasteiger partial charge in [0.05, 0.1) is 30.6 Å². The summed E-state index contributed by atoms with van der Waals surface area (Å²) in [6.45, 7) is 4.29. The van der Waals surface area contributed by atoms with Crippen molar-refractivity contribution in [2.45, 2.75) is 20.0 Å². The number of aryl methyl sites for hydroxylation is 1. The minimum Gasteiger partial charge on any atom is -0.487 e. The molecule has 0 radical (unpaired) electrons. The molecule has 0 saturated heterocycles. The fourth-order valence-electron chi connectivity index (χ4n) is 2.80. The van der Waals surface area contributed by atoms with Gasteiger partial charge in [-0.25, -0.2) is 9.59 Å². The highest BCUT2D eigenvalue weighted by atomic mass is 16.5. The normalized spacial score (nSPS) is 15.8. The summed E-state index contributed by atoms with van der Waals surface area (Å²) in [7, 11) is 1.31. The molecular weight excluding hydrogens is 320 g/mol. The largest absolute Gasteiger partial charge is 0.487 e. The van der Waals surface area contributed by atoms with Crippen LogP contribution in [0.5, 0.6) is 5.75 Å². The van der Waals surface area contributed by atoms with Gasteiger partial charge in [-0.1, -0.05) is 18.2 Å². The number of rotatable bonds is 2. The standard InChI is InChI=1S/C19H20N2O4/c1-12-8-9-17-16(10-12)21(11-13(2)25-17)19(23)20-15-7-5-4-6-14(15)18(22)24-3/h4-10,13H,11H2,1-3H3,(H,20,23)/t13-/m0/s1. The van der Waals surface area contributed by atoms with Gasteiger partial charge in [0.2, 0.25) is 0 Å². The van der Waals surface area contributed by atoms with E-state index in [9.17, 15) is 9.59 Å². The molecule has 25 heavy (non-hydrogen) atoms. The zero-order valence-electron chi connectivity index (χ0n) is 14.4. The van der Waals surface area contributed by atoms with Crippen LogP contribution in [0, 0.1) is 6.92 Å². The molecule has 130 valence electrons. The van der Waals surface area contributed by atoms with Crippen LogP contribution in [0.3, 0.4) is 0 Å². The summed E-state index contributed by atoms with van der Waals surface area (Å²) in [5.41, 5.74) is 2.47. The van der Waals surface area contributed by atoms with Crippen molar-refractivity contribution in [1.82, 2.24) is 0 Å². The number of methoxy groups -OCH3 is 1. The van der Waals surface area contributed by atoms with Crippen molar-refractivity contribution >= 4 is 23.4 Å². The molecule has 0 aromatic heterocycles. The summed E-state index contributed by atoms with van der Waals surface area (Å²) in [5.74, 6) is 0.170. The summed E-state index contributed by atoms with van der Waals surface area (Å²) in [6, 6.07) is 12.2. The van der Waals surface area contributed by atoms with Crippen molar-refractivity contribution in [3.63, 3.8) is 0 Å². The SMILES string of the molecule is COC(=O)c1ccccc1NC(=O)N1C[C@H](C)Oc2ccc(C)cc21. The molecule has 1 aliphatic heterocycles. The van der Waals surface area contributed by atoms with Crippen LogP contribution in [-0.4, -0.2) is 31.8 Å². The van der Waals surface area contributed by atoms with Gasteiger partial charge in [-0.05, 0) is 43.7 Å². The molecule has 2 aromatic carbocycles. The molecule has 2 aromatic rings. The van der Waals surface area contributed by atoms with E-state index in [1.165, 1.54) is 7.11 Å². The second-order valence-electron chi connectivity index (χ2n) is 5.98. The number of anilines is 2. The zero-order valence-corrected chi connectivity index (χ0v) is 14.4.